The van der Waals surface area contributed by atoms with E-state index in [2.05, 4.69) is 113 Å². The van der Waals surface area contributed by atoms with Gasteiger partial charge in [-0.2, -0.15) is 9.13 Å². The third-order valence-corrected chi connectivity index (χ3v) is 7.39. The molecule has 1 atom stereocenters. The van der Waals surface area contributed by atoms with Crippen molar-refractivity contribution < 1.29 is 9.67 Å². The maximum atomic E-state index is 12.0. The van der Waals surface area contributed by atoms with Crippen LogP contribution in [-0.2, 0) is 0 Å². The predicted octanol–water partition coefficient (Wildman–Crippen LogP) is 8.33. The topological polar surface area (TPSA) is 29.0 Å². The number of hydrogen-bond donors (Lipinski definition) is 1. The van der Waals surface area contributed by atoms with E-state index >= 15 is 0 Å². The number of rotatable bonds is 8. The molecule has 37 heavy (non-hydrogen) atoms. The molecule has 0 aliphatic rings. The van der Waals surface area contributed by atoms with Crippen LogP contribution in [0.2, 0.25) is 0 Å². The highest BCUT2D eigenvalue weighted by atomic mass is 16.3. The molecule has 194 valence electrons. The van der Waals surface area contributed by atoms with Crippen molar-refractivity contribution >= 4 is 0 Å². The van der Waals surface area contributed by atoms with Crippen molar-refractivity contribution in [1.29, 1.82) is 0 Å². The van der Waals surface area contributed by atoms with Crippen LogP contribution in [-0.4, -0.2) is 9.67 Å². The number of imidazole rings is 1. The fraction of sp³-hybridized carbons (Fsp3) is 0.382. The Hall–Kier alpha value is -3.17. The van der Waals surface area contributed by atoms with Crippen LogP contribution in [0.15, 0.2) is 79.1 Å². The van der Waals surface area contributed by atoms with Gasteiger partial charge in [0.25, 0.3) is 0 Å². The van der Waals surface area contributed by atoms with Crippen LogP contribution in [0.4, 0.5) is 0 Å². The summed E-state index contributed by atoms with van der Waals surface area (Å²) in [6, 6.07) is 23.3. The fourth-order valence-corrected chi connectivity index (χ4v) is 5.41. The van der Waals surface area contributed by atoms with Gasteiger partial charge in [-0.3, -0.25) is 0 Å². The summed E-state index contributed by atoms with van der Waals surface area (Å²) in [6.07, 6.45) is 3.50. The van der Waals surface area contributed by atoms with Crippen LogP contribution in [0.1, 0.15) is 119 Å². The monoisotopic (exact) mass is 495 g/mol. The van der Waals surface area contributed by atoms with Crippen LogP contribution < -0.4 is 4.57 Å². The molecule has 3 aromatic carbocycles. The molecule has 1 N–H and O–H groups in total. The second kappa shape index (κ2) is 11.1. The summed E-state index contributed by atoms with van der Waals surface area (Å²) in [5.74, 6) is 2.25. The van der Waals surface area contributed by atoms with Gasteiger partial charge in [0.15, 0.2) is 6.10 Å². The van der Waals surface area contributed by atoms with Crippen molar-refractivity contribution in [2.24, 2.45) is 0 Å². The summed E-state index contributed by atoms with van der Waals surface area (Å²) in [6.45, 7) is 18.0. The van der Waals surface area contributed by atoms with Gasteiger partial charge >= 0.3 is 5.82 Å². The van der Waals surface area contributed by atoms with E-state index in [9.17, 15) is 5.11 Å². The van der Waals surface area contributed by atoms with Crippen molar-refractivity contribution in [2.75, 3.05) is 0 Å². The first-order chi connectivity index (χ1) is 17.6. The molecular weight excluding hydrogens is 452 g/mol. The van der Waals surface area contributed by atoms with Crippen LogP contribution in [0.25, 0.3) is 11.4 Å². The summed E-state index contributed by atoms with van der Waals surface area (Å²) in [5, 5.41) is 12.0. The van der Waals surface area contributed by atoms with Gasteiger partial charge in [-0.1, -0.05) is 122 Å². The molecule has 0 saturated heterocycles. The van der Waals surface area contributed by atoms with Gasteiger partial charge in [-0.05, 0) is 29.2 Å². The van der Waals surface area contributed by atoms with Crippen LogP contribution in [0.5, 0.6) is 0 Å². The van der Waals surface area contributed by atoms with Crippen molar-refractivity contribution in [3.8, 4) is 11.4 Å². The molecule has 0 aliphatic carbocycles. The van der Waals surface area contributed by atoms with Crippen LogP contribution >= 0.6 is 0 Å². The number of nitrogens with zero attached hydrogens (tertiary/aromatic N) is 2. The van der Waals surface area contributed by atoms with Gasteiger partial charge in [0.2, 0.25) is 0 Å². The van der Waals surface area contributed by atoms with Gasteiger partial charge in [-0.15, -0.1) is 0 Å². The quantitative estimate of drug-likeness (QED) is 0.245. The second-order valence-electron chi connectivity index (χ2n) is 11.4. The molecule has 4 aromatic rings. The third kappa shape index (κ3) is 5.15. The second-order valence-corrected chi connectivity index (χ2v) is 11.4. The summed E-state index contributed by atoms with van der Waals surface area (Å²) in [7, 11) is 0. The predicted molar refractivity (Wildman–Crippen MR) is 154 cm³/mol. The van der Waals surface area contributed by atoms with Crippen molar-refractivity contribution in [2.45, 2.75) is 85.2 Å². The third-order valence-electron chi connectivity index (χ3n) is 7.39. The first kappa shape index (κ1) is 26.9. The zero-order chi connectivity index (χ0) is 26.9. The Balaban J connectivity index is 2.13. The normalized spacial score (nSPS) is 12.8. The van der Waals surface area contributed by atoms with E-state index in [4.69, 9.17) is 0 Å². The average Bonchev–Trinajstić information content (AvgIpc) is 3.32. The lowest BCUT2D eigenvalue weighted by molar-refractivity contribution is -0.608. The Morgan fingerprint density at radius 2 is 1.05 bits per heavy atom. The smallest absolute Gasteiger partial charge is 0.300 e. The first-order valence-corrected chi connectivity index (χ1v) is 13.8. The van der Waals surface area contributed by atoms with Crippen molar-refractivity contribution in [3.05, 3.63) is 113 Å². The van der Waals surface area contributed by atoms with E-state index in [1.54, 1.807) is 0 Å². The maximum absolute atomic E-state index is 12.0. The Bertz CT molecular complexity index is 1210. The van der Waals surface area contributed by atoms with E-state index in [0.29, 0.717) is 23.7 Å². The highest BCUT2D eigenvalue weighted by Gasteiger charge is 2.34. The Kier molecular flexibility index (Phi) is 8.04. The van der Waals surface area contributed by atoms with E-state index in [1.807, 2.05) is 30.3 Å². The number of aromatic nitrogens is 2. The molecule has 1 heterocycles. The number of hydrogen-bond acceptors (Lipinski definition) is 1. The standard InChI is InChI=1S/C34H43N2O/c1-22(2)27-16-12-17-28(23(3)4)31(27)35-20-21-36(34(35)33(37)26-14-10-9-11-15-26)32-29(24(5)6)18-13-19-30(32)25(7)8/h9-25,33,37H,1-8H3/q+1. The maximum Gasteiger partial charge on any atom is 0.300 e. The number of aliphatic hydroxyl groups excluding tert-OH is 1. The minimum absolute atomic E-state index is 0.348. The molecule has 3 nitrogen and oxygen atoms in total. The molecule has 0 fully saturated rings. The van der Waals surface area contributed by atoms with E-state index in [-0.39, 0.29) is 0 Å². The molecule has 0 radical (unpaired) electrons. The van der Waals surface area contributed by atoms with Crippen LogP contribution in [0.3, 0.4) is 0 Å². The molecule has 1 unspecified atom stereocenters. The molecule has 0 saturated carbocycles. The van der Waals surface area contributed by atoms with E-state index < -0.39 is 6.10 Å². The minimum Gasteiger partial charge on any atom is -0.376 e. The largest absolute Gasteiger partial charge is 0.376 e. The Labute approximate surface area is 223 Å². The van der Waals surface area contributed by atoms with E-state index in [0.717, 1.165) is 11.4 Å². The van der Waals surface area contributed by atoms with Crippen molar-refractivity contribution in [1.82, 2.24) is 4.57 Å². The summed E-state index contributed by atoms with van der Waals surface area (Å²) in [5.41, 5.74) is 8.41. The highest BCUT2D eigenvalue weighted by molar-refractivity contribution is 5.53. The number of benzene rings is 3. The molecule has 0 aliphatic heterocycles. The van der Waals surface area contributed by atoms with Gasteiger partial charge in [-0.25, -0.2) is 0 Å². The molecular formula is C34H43N2O+. The molecule has 0 spiro atoms. The highest BCUT2D eigenvalue weighted by Crippen LogP contribution is 2.35. The minimum atomic E-state index is -0.795. The molecule has 3 heteroatoms. The summed E-state index contributed by atoms with van der Waals surface area (Å²) in [4.78, 5) is 0. The first-order valence-electron chi connectivity index (χ1n) is 13.8. The lowest BCUT2D eigenvalue weighted by Crippen LogP contribution is -2.39. The zero-order valence-electron chi connectivity index (χ0n) is 23.7. The summed E-state index contributed by atoms with van der Waals surface area (Å²) < 4.78 is 4.51. The van der Waals surface area contributed by atoms with Crippen LogP contribution in [0, 0.1) is 0 Å². The van der Waals surface area contributed by atoms with E-state index in [1.165, 1.54) is 33.6 Å². The lowest BCUT2D eigenvalue weighted by Gasteiger charge is -2.21. The SMILES string of the molecule is CC(C)c1cccc(C(C)C)c1-n1cc[n+](-c2c(C(C)C)cccc2C(C)C)c1C(O)c1ccccc1. The molecule has 0 bridgehead atoms. The Morgan fingerprint density at radius 1 is 0.595 bits per heavy atom. The van der Waals surface area contributed by atoms with Gasteiger partial charge < -0.3 is 5.11 Å². The Morgan fingerprint density at radius 3 is 1.51 bits per heavy atom. The molecule has 0 amide bonds. The fourth-order valence-electron chi connectivity index (χ4n) is 5.41. The van der Waals surface area contributed by atoms with Gasteiger partial charge in [0, 0.05) is 22.3 Å². The van der Waals surface area contributed by atoms with Crippen molar-refractivity contribution in [3.63, 3.8) is 0 Å². The molecule has 1 aromatic heterocycles. The summed E-state index contributed by atoms with van der Waals surface area (Å²) >= 11 is 0. The van der Waals surface area contributed by atoms with Gasteiger partial charge in [0.05, 0.1) is 0 Å². The lowest BCUT2D eigenvalue weighted by atomic mass is 9.91. The molecule has 4 rings (SSSR count). The average molecular weight is 496 g/mol. The number of aliphatic hydroxyl groups is 1. The van der Waals surface area contributed by atoms with Gasteiger partial charge in [0.1, 0.15) is 23.8 Å². The zero-order valence-corrected chi connectivity index (χ0v) is 23.7. The number of para-hydroxylation sites is 2.